The quantitative estimate of drug-likeness (QED) is 0.559. The topological polar surface area (TPSA) is 87.1 Å². The fraction of sp³-hybridized carbons (Fsp3) is 0.625. The first kappa shape index (κ1) is 12.0. The number of nitrogens with one attached hydrogen (secondary N) is 2. The maximum Gasteiger partial charge on any atom is 0.264 e. The van der Waals surface area contributed by atoms with E-state index in [-0.39, 0.29) is 12.0 Å². The maximum atomic E-state index is 11.3. The fourth-order valence-electron chi connectivity index (χ4n) is 0.930. The van der Waals surface area contributed by atoms with E-state index < -0.39 is 0 Å². The molecule has 6 nitrogen and oxygen atoms in total. The SMILES string of the molecule is CC(O)CNCCNC(=O)c1cnns1. The molecule has 1 aromatic rings. The lowest BCUT2D eigenvalue weighted by Crippen LogP contribution is -2.34. The first-order chi connectivity index (χ1) is 7.20. The highest BCUT2D eigenvalue weighted by Crippen LogP contribution is 2.00. The number of aromatic nitrogens is 2. The van der Waals surface area contributed by atoms with Crippen molar-refractivity contribution in [2.24, 2.45) is 0 Å². The van der Waals surface area contributed by atoms with Crippen molar-refractivity contribution in [3.63, 3.8) is 0 Å². The Morgan fingerprint density at radius 3 is 3.07 bits per heavy atom. The van der Waals surface area contributed by atoms with Crippen LogP contribution in [0, 0.1) is 0 Å². The molecule has 0 aromatic carbocycles. The molecule has 1 amide bonds. The van der Waals surface area contributed by atoms with Crippen LogP contribution in [-0.2, 0) is 0 Å². The van der Waals surface area contributed by atoms with E-state index in [1.807, 2.05) is 0 Å². The highest BCUT2D eigenvalue weighted by Gasteiger charge is 2.06. The van der Waals surface area contributed by atoms with Crippen LogP contribution < -0.4 is 10.6 Å². The molecule has 0 bridgehead atoms. The number of amides is 1. The summed E-state index contributed by atoms with van der Waals surface area (Å²) in [6, 6.07) is 0. The fourth-order valence-corrected chi connectivity index (χ4v) is 1.36. The predicted octanol–water partition coefficient (Wildman–Crippen LogP) is -0.762. The van der Waals surface area contributed by atoms with E-state index in [0.717, 1.165) is 11.5 Å². The van der Waals surface area contributed by atoms with Gasteiger partial charge in [0.05, 0.1) is 12.3 Å². The molecule has 0 radical (unpaired) electrons. The summed E-state index contributed by atoms with van der Waals surface area (Å²) < 4.78 is 3.59. The third-order valence-corrected chi connectivity index (χ3v) is 2.28. The molecule has 0 aliphatic rings. The van der Waals surface area contributed by atoms with Crippen LogP contribution in [0.2, 0.25) is 0 Å². The summed E-state index contributed by atoms with van der Waals surface area (Å²) in [4.78, 5) is 11.9. The Morgan fingerprint density at radius 1 is 1.67 bits per heavy atom. The van der Waals surface area contributed by atoms with E-state index in [4.69, 9.17) is 5.11 Å². The standard InChI is InChI=1S/C8H14N4O2S/c1-6(13)4-9-2-3-10-8(14)7-5-11-12-15-7/h5-6,9,13H,2-4H2,1H3,(H,10,14). The zero-order chi connectivity index (χ0) is 11.1. The van der Waals surface area contributed by atoms with Crippen molar-refractivity contribution >= 4 is 17.4 Å². The van der Waals surface area contributed by atoms with Gasteiger partial charge in [-0.2, -0.15) is 0 Å². The van der Waals surface area contributed by atoms with Gasteiger partial charge in [-0.05, 0) is 18.5 Å². The van der Waals surface area contributed by atoms with Crippen LogP contribution in [0.1, 0.15) is 16.6 Å². The van der Waals surface area contributed by atoms with Crippen molar-refractivity contribution in [1.29, 1.82) is 0 Å². The molecule has 1 unspecified atom stereocenters. The summed E-state index contributed by atoms with van der Waals surface area (Å²) in [6.07, 6.45) is 1.06. The van der Waals surface area contributed by atoms with Crippen LogP contribution in [-0.4, -0.2) is 46.3 Å². The minimum Gasteiger partial charge on any atom is -0.392 e. The molecular weight excluding hydrogens is 216 g/mol. The summed E-state index contributed by atoms with van der Waals surface area (Å²) in [7, 11) is 0. The number of aliphatic hydroxyl groups excluding tert-OH is 1. The van der Waals surface area contributed by atoms with Gasteiger partial charge in [0, 0.05) is 19.6 Å². The average Bonchev–Trinajstić information content (AvgIpc) is 2.69. The number of hydrogen-bond acceptors (Lipinski definition) is 6. The van der Waals surface area contributed by atoms with Crippen molar-refractivity contribution in [1.82, 2.24) is 20.2 Å². The summed E-state index contributed by atoms with van der Waals surface area (Å²) in [6.45, 7) is 3.37. The molecule has 1 atom stereocenters. The van der Waals surface area contributed by atoms with E-state index in [9.17, 15) is 4.79 Å². The van der Waals surface area contributed by atoms with Gasteiger partial charge in [0.25, 0.3) is 5.91 Å². The van der Waals surface area contributed by atoms with Crippen molar-refractivity contribution in [3.05, 3.63) is 11.1 Å². The molecule has 1 aromatic heterocycles. The van der Waals surface area contributed by atoms with Crippen LogP contribution in [0.4, 0.5) is 0 Å². The molecule has 1 rings (SSSR count). The van der Waals surface area contributed by atoms with E-state index in [1.54, 1.807) is 6.92 Å². The first-order valence-corrected chi connectivity index (χ1v) is 5.42. The molecule has 0 aliphatic heterocycles. The second kappa shape index (κ2) is 6.44. The molecule has 84 valence electrons. The highest BCUT2D eigenvalue weighted by molar-refractivity contribution is 7.07. The van der Waals surface area contributed by atoms with Crippen molar-refractivity contribution in [3.8, 4) is 0 Å². The van der Waals surface area contributed by atoms with Crippen molar-refractivity contribution in [2.45, 2.75) is 13.0 Å². The summed E-state index contributed by atoms with van der Waals surface area (Å²) >= 11 is 1.07. The molecule has 0 spiro atoms. The maximum absolute atomic E-state index is 11.3. The molecule has 0 aliphatic carbocycles. The second-order valence-electron chi connectivity index (χ2n) is 3.09. The van der Waals surface area contributed by atoms with Gasteiger partial charge in [0.15, 0.2) is 0 Å². The number of rotatable bonds is 6. The Bertz CT molecular complexity index is 289. The molecule has 7 heteroatoms. The largest absolute Gasteiger partial charge is 0.392 e. The normalized spacial score (nSPS) is 12.4. The molecule has 0 saturated heterocycles. The Kier molecular flexibility index (Phi) is 5.16. The first-order valence-electron chi connectivity index (χ1n) is 4.64. The molecule has 3 N–H and O–H groups in total. The molecule has 1 heterocycles. The molecule has 0 fully saturated rings. The van der Waals surface area contributed by atoms with Crippen molar-refractivity contribution < 1.29 is 9.90 Å². The second-order valence-corrected chi connectivity index (χ2v) is 3.88. The Labute approximate surface area is 91.9 Å². The number of carbonyl (C=O) groups is 1. The zero-order valence-corrected chi connectivity index (χ0v) is 9.25. The number of aliphatic hydroxyl groups is 1. The third kappa shape index (κ3) is 4.82. The Hall–Kier alpha value is -1.05. The van der Waals surface area contributed by atoms with E-state index in [1.165, 1.54) is 6.20 Å². The van der Waals surface area contributed by atoms with Crippen LogP contribution in [0.25, 0.3) is 0 Å². The summed E-state index contributed by atoms with van der Waals surface area (Å²) in [5.41, 5.74) is 0. The van der Waals surface area contributed by atoms with Gasteiger partial charge in [-0.1, -0.05) is 4.49 Å². The molecular formula is C8H14N4O2S. The van der Waals surface area contributed by atoms with Crippen molar-refractivity contribution in [2.75, 3.05) is 19.6 Å². The van der Waals surface area contributed by atoms with E-state index in [2.05, 4.69) is 20.2 Å². The summed E-state index contributed by atoms with van der Waals surface area (Å²) in [5, 5.41) is 18.2. The highest BCUT2D eigenvalue weighted by atomic mass is 32.1. The Morgan fingerprint density at radius 2 is 2.47 bits per heavy atom. The van der Waals surface area contributed by atoms with Gasteiger partial charge >= 0.3 is 0 Å². The lowest BCUT2D eigenvalue weighted by Gasteiger charge is -2.06. The smallest absolute Gasteiger partial charge is 0.264 e. The van der Waals surface area contributed by atoms with Gasteiger partial charge in [0.2, 0.25) is 0 Å². The number of carbonyl (C=O) groups excluding carboxylic acids is 1. The van der Waals surface area contributed by atoms with Gasteiger partial charge in [-0.3, -0.25) is 4.79 Å². The Balaban J connectivity index is 2.08. The van der Waals surface area contributed by atoms with Gasteiger partial charge in [-0.25, -0.2) is 0 Å². The minimum atomic E-state index is -0.369. The van der Waals surface area contributed by atoms with Gasteiger partial charge in [0.1, 0.15) is 4.88 Å². The monoisotopic (exact) mass is 230 g/mol. The van der Waals surface area contributed by atoms with Crippen LogP contribution in [0.3, 0.4) is 0 Å². The van der Waals surface area contributed by atoms with Crippen LogP contribution in [0.5, 0.6) is 0 Å². The minimum absolute atomic E-state index is 0.163. The van der Waals surface area contributed by atoms with Crippen LogP contribution >= 0.6 is 11.5 Å². The molecule has 0 saturated carbocycles. The van der Waals surface area contributed by atoms with E-state index >= 15 is 0 Å². The van der Waals surface area contributed by atoms with Gasteiger partial charge in [-0.15, -0.1) is 5.10 Å². The van der Waals surface area contributed by atoms with Gasteiger partial charge < -0.3 is 15.7 Å². The number of nitrogens with zero attached hydrogens (tertiary/aromatic N) is 2. The third-order valence-electron chi connectivity index (χ3n) is 1.61. The lowest BCUT2D eigenvalue weighted by molar-refractivity contribution is 0.0957. The van der Waals surface area contributed by atoms with Crippen LogP contribution in [0.15, 0.2) is 6.20 Å². The molecule has 15 heavy (non-hydrogen) atoms. The van der Waals surface area contributed by atoms with E-state index in [0.29, 0.717) is 24.5 Å². The zero-order valence-electron chi connectivity index (χ0n) is 8.43. The predicted molar refractivity (Wildman–Crippen MR) is 56.8 cm³/mol. The number of hydrogen-bond donors (Lipinski definition) is 3. The summed E-state index contributed by atoms with van der Waals surface area (Å²) in [5.74, 6) is -0.163. The average molecular weight is 230 g/mol. The lowest BCUT2D eigenvalue weighted by atomic mass is 10.4.